The molecule has 0 N–H and O–H groups in total. The maximum Gasteiger partial charge on any atom is 0.106 e. The SMILES string of the molecule is Cc1nc(-c2cccnc2)cn1CC1CC1. The fourth-order valence-electron chi connectivity index (χ4n) is 1.93. The molecule has 0 radical (unpaired) electrons. The van der Waals surface area contributed by atoms with Crippen LogP contribution < -0.4 is 0 Å². The van der Waals surface area contributed by atoms with Crippen LogP contribution in [0.5, 0.6) is 0 Å². The van der Waals surface area contributed by atoms with Gasteiger partial charge in [-0.25, -0.2) is 4.98 Å². The van der Waals surface area contributed by atoms with Crippen molar-refractivity contribution in [3.63, 3.8) is 0 Å². The van der Waals surface area contributed by atoms with Crippen LogP contribution in [0.3, 0.4) is 0 Å². The van der Waals surface area contributed by atoms with Crippen LogP contribution in [-0.2, 0) is 6.54 Å². The van der Waals surface area contributed by atoms with Gasteiger partial charge in [0.2, 0.25) is 0 Å². The van der Waals surface area contributed by atoms with E-state index in [0.29, 0.717) is 0 Å². The third-order valence-corrected chi connectivity index (χ3v) is 3.09. The van der Waals surface area contributed by atoms with Crippen molar-refractivity contribution in [2.75, 3.05) is 0 Å². The lowest BCUT2D eigenvalue weighted by molar-refractivity contribution is 0.610. The van der Waals surface area contributed by atoms with E-state index in [2.05, 4.69) is 33.7 Å². The van der Waals surface area contributed by atoms with Gasteiger partial charge in [0.25, 0.3) is 0 Å². The summed E-state index contributed by atoms with van der Waals surface area (Å²) in [5.41, 5.74) is 2.13. The van der Waals surface area contributed by atoms with E-state index in [0.717, 1.165) is 29.5 Å². The van der Waals surface area contributed by atoms with Gasteiger partial charge in [-0.1, -0.05) is 0 Å². The Morgan fingerprint density at radius 2 is 2.31 bits per heavy atom. The Labute approximate surface area is 95.2 Å². The molecule has 1 aliphatic rings. The van der Waals surface area contributed by atoms with E-state index in [9.17, 15) is 0 Å². The molecule has 0 aliphatic heterocycles. The highest BCUT2D eigenvalue weighted by Crippen LogP contribution is 2.31. The number of pyridine rings is 1. The summed E-state index contributed by atoms with van der Waals surface area (Å²) in [6, 6.07) is 4.00. The second-order valence-corrected chi connectivity index (χ2v) is 4.51. The Morgan fingerprint density at radius 1 is 1.44 bits per heavy atom. The first-order chi connectivity index (χ1) is 7.83. The number of hydrogen-bond donors (Lipinski definition) is 0. The van der Waals surface area contributed by atoms with Crippen LogP contribution in [0.25, 0.3) is 11.3 Å². The molecule has 2 aromatic heterocycles. The maximum absolute atomic E-state index is 4.58. The van der Waals surface area contributed by atoms with Crippen LogP contribution in [-0.4, -0.2) is 14.5 Å². The van der Waals surface area contributed by atoms with Crippen molar-refractivity contribution in [1.29, 1.82) is 0 Å². The van der Waals surface area contributed by atoms with E-state index in [1.165, 1.54) is 12.8 Å². The second-order valence-electron chi connectivity index (χ2n) is 4.51. The molecule has 0 atom stereocenters. The van der Waals surface area contributed by atoms with Crippen LogP contribution in [0, 0.1) is 12.8 Å². The molecule has 1 fully saturated rings. The van der Waals surface area contributed by atoms with Gasteiger partial charge in [0.05, 0.1) is 5.69 Å². The van der Waals surface area contributed by atoms with Crippen molar-refractivity contribution >= 4 is 0 Å². The molecule has 0 amide bonds. The number of aryl methyl sites for hydroxylation is 1. The van der Waals surface area contributed by atoms with E-state index in [1.54, 1.807) is 6.20 Å². The topological polar surface area (TPSA) is 30.7 Å². The molecule has 2 heterocycles. The minimum Gasteiger partial charge on any atom is -0.334 e. The fraction of sp³-hybridized carbons (Fsp3) is 0.385. The van der Waals surface area contributed by atoms with Crippen molar-refractivity contribution in [3.8, 4) is 11.3 Å². The van der Waals surface area contributed by atoms with E-state index < -0.39 is 0 Å². The molecule has 3 heteroatoms. The maximum atomic E-state index is 4.58. The highest BCUT2D eigenvalue weighted by molar-refractivity contribution is 5.56. The Bertz CT molecular complexity index is 483. The summed E-state index contributed by atoms with van der Waals surface area (Å²) in [4.78, 5) is 8.71. The number of imidazole rings is 1. The lowest BCUT2D eigenvalue weighted by Crippen LogP contribution is -2.00. The summed E-state index contributed by atoms with van der Waals surface area (Å²) < 4.78 is 2.26. The summed E-state index contributed by atoms with van der Waals surface area (Å²) in [7, 11) is 0. The van der Waals surface area contributed by atoms with Gasteiger partial charge in [-0.15, -0.1) is 0 Å². The Hall–Kier alpha value is -1.64. The fourth-order valence-corrected chi connectivity index (χ4v) is 1.93. The molecule has 0 aromatic carbocycles. The lowest BCUT2D eigenvalue weighted by Gasteiger charge is -2.01. The molecule has 0 spiro atoms. The van der Waals surface area contributed by atoms with Crippen molar-refractivity contribution in [2.24, 2.45) is 5.92 Å². The third-order valence-electron chi connectivity index (χ3n) is 3.09. The molecule has 82 valence electrons. The van der Waals surface area contributed by atoms with Gasteiger partial charge in [0.1, 0.15) is 5.82 Å². The standard InChI is InChI=1S/C13H15N3/c1-10-15-13(12-3-2-6-14-7-12)9-16(10)8-11-4-5-11/h2-3,6-7,9,11H,4-5,8H2,1H3. The van der Waals surface area contributed by atoms with Gasteiger partial charge in [-0.3, -0.25) is 4.98 Å². The predicted molar refractivity (Wildman–Crippen MR) is 62.9 cm³/mol. The summed E-state index contributed by atoms with van der Waals surface area (Å²) in [5, 5.41) is 0. The van der Waals surface area contributed by atoms with Crippen LogP contribution in [0.4, 0.5) is 0 Å². The number of nitrogens with zero attached hydrogens (tertiary/aromatic N) is 3. The van der Waals surface area contributed by atoms with E-state index >= 15 is 0 Å². The molecule has 0 saturated heterocycles. The largest absolute Gasteiger partial charge is 0.334 e. The van der Waals surface area contributed by atoms with Crippen molar-refractivity contribution < 1.29 is 0 Å². The number of rotatable bonds is 3. The zero-order valence-electron chi connectivity index (χ0n) is 9.43. The first-order valence-corrected chi connectivity index (χ1v) is 5.77. The minimum atomic E-state index is 0.884. The van der Waals surface area contributed by atoms with Gasteiger partial charge in [0.15, 0.2) is 0 Å². The minimum absolute atomic E-state index is 0.884. The molecule has 1 aliphatic carbocycles. The Morgan fingerprint density at radius 3 is 3.00 bits per heavy atom. The van der Waals surface area contributed by atoms with Gasteiger partial charge in [-0.05, 0) is 37.8 Å². The van der Waals surface area contributed by atoms with Crippen LogP contribution in [0.1, 0.15) is 18.7 Å². The zero-order valence-corrected chi connectivity index (χ0v) is 9.43. The second kappa shape index (κ2) is 3.74. The Balaban J connectivity index is 1.90. The Kier molecular flexibility index (Phi) is 2.24. The van der Waals surface area contributed by atoms with Crippen molar-refractivity contribution in [1.82, 2.24) is 14.5 Å². The van der Waals surface area contributed by atoms with Crippen LogP contribution in [0.15, 0.2) is 30.7 Å². The van der Waals surface area contributed by atoms with E-state index in [1.807, 2.05) is 12.3 Å². The monoisotopic (exact) mass is 213 g/mol. The predicted octanol–water partition coefficient (Wildman–Crippen LogP) is 2.66. The van der Waals surface area contributed by atoms with Gasteiger partial charge < -0.3 is 4.57 Å². The number of aromatic nitrogens is 3. The first kappa shape index (κ1) is 9.58. The van der Waals surface area contributed by atoms with E-state index in [-0.39, 0.29) is 0 Å². The first-order valence-electron chi connectivity index (χ1n) is 5.77. The zero-order chi connectivity index (χ0) is 11.0. The summed E-state index contributed by atoms with van der Waals surface area (Å²) in [5.74, 6) is 1.99. The molecule has 2 aromatic rings. The molecule has 0 unspecified atom stereocenters. The molecular formula is C13H15N3. The highest BCUT2D eigenvalue weighted by atomic mass is 15.1. The van der Waals surface area contributed by atoms with Gasteiger partial charge in [-0.2, -0.15) is 0 Å². The molecule has 16 heavy (non-hydrogen) atoms. The summed E-state index contributed by atoms with van der Waals surface area (Å²) in [6.45, 7) is 3.20. The van der Waals surface area contributed by atoms with Crippen LogP contribution in [0.2, 0.25) is 0 Å². The average Bonchev–Trinajstić information content (AvgIpc) is 3.05. The highest BCUT2D eigenvalue weighted by Gasteiger charge is 2.22. The molecule has 1 saturated carbocycles. The molecule has 3 nitrogen and oxygen atoms in total. The normalized spacial score (nSPS) is 15.3. The van der Waals surface area contributed by atoms with Crippen molar-refractivity contribution in [3.05, 3.63) is 36.5 Å². The van der Waals surface area contributed by atoms with Gasteiger partial charge >= 0.3 is 0 Å². The lowest BCUT2D eigenvalue weighted by atomic mass is 10.2. The molecular weight excluding hydrogens is 198 g/mol. The smallest absolute Gasteiger partial charge is 0.106 e. The van der Waals surface area contributed by atoms with Crippen LogP contribution >= 0.6 is 0 Å². The third kappa shape index (κ3) is 1.85. The quantitative estimate of drug-likeness (QED) is 0.784. The van der Waals surface area contributed by atoms with Gasteiger partial charge in [0, 0.05) is 30.7 Å². The number of hydrogen-bond acceptors (Lipinski definition) is 2. The van der Waals surface area contributed by atoms with E-state index in [4.69, 9.17) is 0 Å². The summed E-state index contributed by atoms with van der Waals surface area (Å²) in [6.07, 6.45) is 8.55. The summed E-state index contributed by atoms with van der Waals surface area (Å²) >= 11 is 0. The average molecular weight is 213 g/mol. The molecule has 3 rings (SSSR count). The van der Waals surface area contributed by atoms with Crippen molar-refractivity contribution in [2.45, 2.75) is 26.3 Å². The molecule has 0 bridgehead atoms.